The van der Waals surface area contributed by atoms with Crippen molar-refractivity contribution in [3.8, 4) is 0 Å². The van der Waals surface area contributed by atoms with Crippen molar-refractivity contribution >= 4 is 21.6 Å². The lowest BCUT2D eigenvalue weighted by molar-refractivity contribution is 0.581. The maximum atomic E-state index is 11.9. The molecule has 0 aliphatic heterocycles. The van der Waals surface area contributed by atoms with Crippen molar-refractivity contribution in [2.45, 2.75) is 11.4 Å². The fourth-order valence-electron chi connectivity index (χ4n) is 1.44. The molecule has 2 rings (SSSR count). The number of rotatable bonds is 4. The zero-order valence-corrected chi connectivity index (χ0v) is 11.2. The number of nitrogens with one attached hydrogen (secondary N) is 1. The third-order valence-electron chi connectivity index (χ3n) is 2.40. The van der Waals surface area contributed by atoms with Crippen molar-refractivity contribution in [2.24, 2.45) is 7.05 Å². The van der Waals surface area contributed by atoms with Crippen LogP contribution in [0.2, 0.25) is 5.02 Å². The lowest BCUT2D eigenvalue weighted by Gasteiger charge is -2.06. The van der Waals surface area contributed by atoms with E-state index < -0.39 is 10.0 Å². The Bertz CT molecular complexity index is 652. The molecule has 0 radical (unpaired) electrons. The largest absolute Gasteiger partial charge is 0.274 e. The number of halogens is 1. The van der Waals surface area contributed by atoms with Crippen LogP contribution in [-0.2, 0) is 23.6 Å². The topological polar surface area (TPSA) is 64.0 Å². The molecule has 5 nitrogen and oxygen atoms in total. The number of aromatic nitrogens is 2. The highest BCUT2D eigenvalue weighted by atomic mass is 35.5. The molecule has 18 heavy (non-hydrogen) atoms. The Kier molecular flexibility index (Phi) is 3.70. The molecule has 0 aliphatic carbocycles. The van der Waals surface area contributed by atoms with E-state index in [1.165, 1.54) is 17.1 Å². The van der Waals surface area contributed by atoms with Crippen molar-refractivity contribution in [1.82, 2.24) is 14.5 Å². The van der Waals surface area contributed by atoms with Crippen molar-refractivity contribution in [2.75, 3.05) is 0 Å². The Balaban J connectivity index is 2.13. The van der Waals surface area contributed by atoms with Crippen LogP contribution in [0.3, 0.4) is 0 Å². The number of sulfonamides is 1. The minimum Gasteiger partial charge on any atom is -0.274 e. The quantitative estimate of drug-likeness (QED) is 0.927. The molecular formula is C11H12ClN3O2S. The maximum absolute atomic E-state index is 11.9. The molecule has 0 amide bonds. The highest BCUT2D eigenvalue weighted by molar-refractivity contribution is 7.89. The van der Waals surface area contributed by atoms with E-state index >= 15 is 0 Å². The molecule has 1 aromatic heterocycles. The van der Waals surface area contributed by atoms with Gasteiger partial charge in [-0.25, -0.2) is 13.1 Å². The van der Waals surface area contributed by atoms with Crippen molar-refractivity contribution in [3.63, 3.8) is 0 Å². The molecule has 0 fully saturated rings. The third-order valence-corrected chi connectivity index (χ3v) is 4.13. The van der Waals surface area contributed by atoms with Crippen LogP contribution in [0, 0.1) is 0 Å². The summed E-state index contributed by atoms with van der Waals surface area (Å²) in [6.45, 7) is 0.150. The van der Waals surface area contributed by atoms with Gasteiger partial charge in [0.25, 0.3) is 0 Å². The van der Waals surface area contributed by atoms with Gasteiger partial charge in [-0.2, -0.15) is 5.10 Å². The van der Waals surface area contributed by atoms with Gasteiger partial charge in [0.05, 0.1) is 6.20 Å². The normalized spacial score (nSPS) is 11.7. The van der Waals surface area contributed by atoms with Gasteiger partial charge < -0.3 is 0 Å². The van der Waals surface area contributed by atoms with Crippen LogP contribution in [0.25, 0.3) is 0 Å². The number of hydrogen-bond acceptors (Lipinski definition) is 3. The molecule has 1 N–H and O–H groups in total. The molecule has 1 aromatic carbocycles. The zero-order valence-electron chi connectivity index (χ0n) is 9.67. The highest BCUT2D eigenvalue weighted by Crippen LogP contribution is 2.15. The lowest BCUT2D eigenvalue weighted by atomic mass is 10.2. The van der Waals surface area contributed by atoms with Gasteiger partial charge in [-0.3, -0.25) is 4.68 Å². The summed E-state index contributed by atoms with van der Waals surface area (Å²) in [6.07, 6.45) is 2.74. The van der Waals surface area contributed by atoms with E-state index in [0.29, 0.717) is 5.02 Å². The van der Waals surface area contributed by atoms with Gasteiger partial charge in [0.15, 0.2) is 0 Å². The minimum atomic E-state index is -3.55. The summed E-state index contributed by atoms with van der Waals surface area (Å²) >= 11 is 5.95. The van der Waals surface area contributed by atoms with Gasteiger partial charge in [0, 0.05) is 24.8 Å². The first-order valence-corrected chi connectivity index (χ1v) is 7.07. The Morgan fingerprint density at radius 1 is 1.39 bits per heavy atom. The summed E-state index contributed by atoms with van der Waals surface area (Å²) in [5.41, 5.74) is 0.728. The average molecular weight is 286 g/mol. The fourth-order valence-corrected chi connectivity index (χ4v) is 2.63. The van der Waals surface area contributed by atoms with E-state index in [-0.39, 0.29) is 11.4 Å². The first kappa shape index (κ1) is 13.1. The Morgan fingerprint density at radius 3 is 2.72 bits per heavy atom. The highest BCUT2D eigenvalue weighted by Gasteiger charge is 2.15. The van der Waals surface area contributed by atoms with Crippen molar-refractivity contribution < 1.29 is 8.42 Å². The van der Waals surface area contributed by atoms with Crippen LogP contribution in [0.1, 0.15) is 5.56 Å². The van der Waals surface area contributed by atoms with Gasteiger partial charge in [0.1, 0.15) is 4.90 Å². The summed E-state index contributed by atoms with van der Waals surface area (Å²) in [4.78, 5) is 0.136. The first-order chi connectivity index (χ1) is 8.49. The Morgan fingerprint density at radius 2 is 2.11 bits per heavy atom. The number of nitrogens with zero attached hydrogens (tertiary/aromatic N) is 2. The Hall–Kier alpha value is -1.37. The fraction of sp³-hybridized carbons (Fsp3) is 0.182. The van der Waals surface area contributed by atoms with Crippen molar-refractivity contribution in [3.05, 3.63) is 47.2 Å². The lowest BCUT2D eigenvalue weighted by Crippen LogP contribution is -2.23. The maximum Gasteiger partial charge on any atom is 0.243 e. The number of benzene rings is 1. The summed E-state index contributed by atoms with van der Waals surface area (Å²) in [7, 11) is -1.89. The average Bonchev–Trinajstić information content (AvgIpc) is 2.76. The van der Waals surface area contributed by atoms with E-state index in [1.54, 1.807) is 31.3 Å². The summed E-state index contributed by atoms with van der Waals surface area (Å²) < 4.78 is 27.8. The SMILES string of the molecule is Cn1cc(S(=O)(=O)NCc2ccccc2Cl)cn1. The van der Waals surface area contributed by atoms with Crippen LogP contribution in [0.4, 0.5) is 0 Å². The second-order valence-electron chi connectivity index (χ2n) is 3.77. The van der Waals surface area contributed by atoms with E-state index in [4.69, 9.17) is 11.6 Å². The van der Waals surface area contributed by atoms with E-state index in [0.717, 1.165) is 5.56 Å². The smallest absolute Gasteiger partial charge is 0.243 e. The summed E-state index contributed by atoms with van der Waals surface area (Å²) in [6, 6.07) is 7.09. The first-order valence-electron chi connectivity index (χ1n) is 5.21. The van der Waals surface area contributed by atoms with Gasteiger partial charge >= 0.3 is 0 Å². The number of hydrogen-bond donors (Lipinski definition) is 1. The van der Waals surface area contributed by atoms with Gasteiger partial charge in [-0.15, -0.1) is 0 Å². The second kappa shape index (κ2) is 5.09. The van der Waals surface area contributed by atoms with Crippen LogP contribution >= 0.6 is 11.6 Å². The zero-order chi connectivity index (χ0) is 13.2. The van der Waals surface area contributed by atoms with Crippen LogP contribution < -0.4 is 4.72 Å². The van der Waals surface area contributed by atoms with Gasteiger partial charge in [-0.1, -0.05) is 29.8 Å². The standard InChI is InChI=1S/C11H12ClN3O2S/c1-15-8-10(7-13-15)18(16,17)14-6-9-4-2-3-5-11(9)12/h2-5,7-8,14H,6H2,1H3. The molecule has 0 aliphatic rings. The predicted molar refractivity (Wildman–Crippen MR) is 68.7 cm³/mol. The third kappa shape index (κ3) is 2.90. The monoisotopic (exact) mass is 285 g/mol. The molecule has 0 saturated heterocycles. The summed E-state index contributed by atoms with van der Waals surface area (Å²) in [5, 5.41) is 4.36. The molecule has 0 saturated carbocycles. The van der Waals surface area contributed by atoms with E-state index in [2.05, 4.69) is 9.82 Å². The molecule has 0 bridgehead atoms. The molecular weight excluding hydrogens is 274 g/mol. The predicted octanol–water partition coefficient (Wildman–Crippen LogP) is 1.55. The molecule has 7 heteroatoms. The van der Waals surface area contributed by atoms with Gasteiger partial charge in [0.2, 0.25) is 10.0 Å². The molecule has 2 aromatic rings. The molecule has 0 atom stereocenters. The van der Waals surface area contributed by atoms with Gasteiger partial charge in [-0.05, 0) is 11.6 Å². The van der Waals surface area contributed by atoms with Crippen LogP contribution in [0.15, 0.2) is 41.6 Å². The van der Waals surface area contributed by atoms with Crippen molar-refractivity contribution in [1.29, 1.82) is 0 Å². The van der Waals surface area contributed by atoms with Crippen LogP contribution in [0.5, 0.6) is 0 Å². The van der Waals surface area contributed by atoms with E-state index in [9.17, 15) is 8.42 Å². The van der Waals surface area contributed by atoms with E-state index in [1.807, 2.05) is 0 Å². The Labute approximate surface area is 110 Å². The molecule has 0 spiro atoms. The molecule has 96 valence electrons. The minimum absolute atomic E-state index is 0.136. The summed E-state index contributed by atoms with van der Waals surface area (Å²) in [5.74, 6) is 0. The second-order valence-corrected chi connectivity index (χ2v) is 5.94. The molecule has 1 heterocycles. The number of aryl methyl sites for hydroxylation is 1. The molecule has 0 unspecified atom stereocenters. The van der Waals surface area contributed by atoms with Crippen LogP contribution in [-0.4, -0.2) is 18.2 Å².